The van der Waals surface area contributed by atoms with Gasteiger partial charge < -0.3 is 4.90 Å². The molecule has 2 fully saturated rings. The van der Waals surface area contributed by atoms with Gasteiger partial charge in [0.15, 0.2) is 5.82 Å². The van der Waals surface area contributed by atoms with Crippen molar-refractivity contribution in [3.63, 3.8) is 0 Å². The van der Waals surface area contributed by atoms with Crippen molar-refractivity contribution in [3.05, 3.63) is 17.8 Å². The molecule has 1 aromatic rings. The molecule has 1 aromatic heterocycles. The molecule has 1 saturated heterocycles. The first-order chi connectivity index (χ1) is 8.83. The van der Waals surface area contributed by atoms with E-state index in [9.17, 15) is 0 Å². The van der Waals surface area contributed by atoms with Crippen molar-refractivity contribution < 1.29 is 0 Å². The van der Waals surface area contributed by atoms with E-state index in [1.165, 1.54) is 38.8 Å². The number of hydrogen-bond donors (Lipinski definition) is 0. The maximum Gasteiger partial charge on any atom is 0.151 e. The van der Waals surface area contributed by atoms with Crippen LogP contribution in [0.5, 0.6) is 0 Å². The zero-order valence-corrected chi connectivity index (χ0v) is 11.2. The summed E-state index contributed by atoms with van der Waals surface area (Å²) in [5.74, 6) is 1.03. The van der Waals surface area contributed by atoms with Crippen LogP contribution in [-0.2, 0) is 0 Å². The largest absolute Gasteiger partial charge is 0.353 e. The third-order valence-electron chi connectivity index (χ3n) is 4.26. The first-order valence-corrected chi connectivity index (χ1v) is 7.12. The lowest BCUT2D eigenvalue weighted by molar-refractivity contribution is 0.187. The molecule has 3 rings (SSSR count). The van der Waals surface area contributed by atoms with E-state index < -0.39 is 0 Å². The van der Waals surface area contributed by atoms with Crippen LogP contribution in [0.3, 0.4) is 0 Å². The third kappa shape index (κ3) is 2.48. The van der Waals surface area contributed by atoms with Crippen LogP contribution in [0.25, 0.3) is 0 Å². The third-order valence-corrected chi connectivity index (χ3v) is 4.26. The molecule has 0 radical (unpaired) electrons. The molecule has 1 aliphatic heterocycles. The highest BCUT2D eigenvalue weighted by atomic mass is 15.3. The Kier molecular flexibility index (Phi) is 3.46. The van der Waals surface area contributed by atoms with Crippen LogP contribution in [0.2, 0.25) is 0 Å². The molecule has 98 valence electrons. The highest BCUT2D eigenvalue weighted by Gasteiger charge is 2.26. The molecule has 4 nitrogen and oxygen atoms in total. The molecule has 0 unspecified atom stereocenters. The van der Waals surface area contributed by atoms with Gasteiger partial charge in [0.2, 0.25) is 0 Å². The van der Waals surface area contributed by atoms with E-state index in [0.717, 1.165) is 30.6 Å². The van der Waals surface area contributed by atoms with Gasteiger partial charge in [0, 0.05) is 32.2 Å². The Morgan fingerprint density at radius 2 is 1.72 bits per heavy atom. The fourth-order valence-corrected chi connectivity index (χ4v) is 3.15. The maximum atomic E-state index is 4.28. The van der Waals surface area contributed by atoms with Crippen molar-refractivity contribution in [2.45, 2.75) is 38.6 Å². The van der Waals surface area contributed by atoms with Gasteiger partial charge in [-0.1, -0.05) is 12.8 Å². The summed E-state index contributed by atoms with van der Waals surface area (Å²) in [6.45, 7) is 6.53. The van der Waals surface area contributed by atoms with E-state index >= 15 is 0 Å². The second-order valence-corrected chi connectivity index (χ2v) is 5.49. The van der Waals surface area contributed by atoms with Crippen LogP contribution in [0.1, 0.15) is 31.4 Å². The maximum absolute atomic E-state index is 4.28. The number of hydrogen-bond acceptors (Lipinski definition) is 4. The van der Waals surface area contributed by atoms with E-state index in [1.54, 1.807) is 0 Å². The van der Waals surface area contributed by atoms with Gasteiger partial charge in [-0.25, -0.2) is 0 Å². The lowest BCUT2D eigenvalue weighted by atomic mass is 10.2. The van der Waals surface area contributed by atoms with Crippen molar-refractivity contribution in [1.82, 2.24) is 15.1 Å². The van der Waals surface area contributed by atoms with Crippen LogP contribution < -0.4 is 4.90 Å². The molecule has 0 atom stereocenters. The van der Waals surface area contributed by atoms with E-state index in [1.807, 2.05) is 13.0 Å². The van der Waals surface area contributed by atoms with Gasteiger partial charge in [0.25, 0.3) is 0 Å². The van der Waals surface area contributed by atoms with Crippen LogP contribution in [0.15, 0.2) is 12.1 Å². The zero-order valence-electron chi connectivity index (χ0n) is 11.2. The molecule has 0 N–H and O–H groups in total. The monoisotopic (exact) mass is 246 g/mol. The van der Waals surface area contributed by atoms with E-state index in [-0.39, 0.29) is 0 Å². The highest BCUT2D eigenvalue weighted by molar-refractivity contribution is 5.37. The minimum Gasteiger partial charge on any atom is -0.353 e. The number of rotatable bonds is 2. The van der Waals surface area contributed by atoms with Crippen LogP contribution in [0.4, 0.5) is 5.82 Å². The lowest BCUT2D eigenvalue weighted by Crippen LogP contribution is -2.50. The van der Waals surface area contributed by atoms with Crippen LogP contribution in [0, 0.1) is 6.92 Å². The Labute approximate surface area is 109 Å². The van der Waals surface area contributed by atoms with Crippen molar-refractivity contribution >= 4 is 5.82 Å². The summed E-state index contributed by atoms with van der Waals surface area (Å²) in [6, 6.07) is 5.00. The molecule has 2 heterocycles. The van der Waals surface area contributed by atoms with Crippen molar-refractivity contribution in [1.29, 1.82) is 0 Å². The first-order valence-electron chi connectivity index (χ1n) is 7.12. The van der Waals surface area contributed by atoms with E-state index in [2.05, 4.69) is 26.1 Å². The highest BCUT2D eigenvalue weighted by Crippen LogP contribution is 2.25. The van der Waals surface area contributed by atoms with Gasteiger partial charge in [-0.15, -0.1) is 5.10 Å². The van der Waals surface area contributed by atoms with Gasteiger partial charge in [0.1, 0.15) is 0 Å². The van der Waals surface area contributed by atoms with Gasteiger partial charge in [-0.3, -0.25) is 4.90 Å². The average molecular weight is 246 g/mol. The van der Waals surface area contributed by atoms with Gasteiger partial charge in [-0.05, 0) is 31.9 Å². The predicted molar refractivity (Wildman–Crippen MR) is 72.8 cm³/mol. The number of nitrogens with zero attached hydrogens (tertiary/aromatic N) is 4. The Balaban J connectivity index is 1.57. The number of anilines is 1. The minimum atomic E-state index is 0.858. The number of piperazine rings is 1. The molecule has 1 saturated carbocycles. The molecule has 0 spiro atoms. The standard InChI is InChI=1S/C14H22N4/c1-12-6-7-14(16-15-12)18-10-8-17(9-11-18)13-4-2-3-5-13/h6-7,13H,2-5,8-11H2,1H3. The van der Waals surface area contributed by atoms with Crippen molar-refractivity contribution in [3.8, 4) is 0 Å². The summed E-state index contributed by atoms with van der Waals surface area (Å²) in [5.41, 5.74) is 0.989. The lowest BCUT2D eigenvalue weighted by Gasteiger charge is -2.38. The fourth-order valence-electron chi connectivity index (χ4n) is 3.15. The Morgan fingerprint density at radius 1 is 1.00 bits per heavy atom. The second-order valence-electron chi connectivity index (χ2n) is 5.49. The Bertz CT molecular complexity index is 375. The summed E-state index contributed by atoms with van der Waals surface area (Å²) in [5, 5.41) is 8.43. The van der Waals surface area contributed by atoms with E-state index in [0.29, 0.717) is 0 Å². The molecule has 1 aliphatic carbocycles. The van der Waals surface area contributed by atoms with Crippen LogP contribution in [-0.4, -0.2) is 47.3 Å². The van der Waals surface area contributed by atoms with Gasteiger partial charge in [-0.2, -0.15) is 5.10 Å². The number of aromatic nitrogens is 2. The number of aryl methyl sites for hydroxylation is 1. The smallest absolute Gasteiger partial charge is 0.151 e. The molecule has 2 aliphatic rings. The van der Waals surface area contributed by atoms with Gasteiger partial charge in [0.05, 0.1) is 5.69 Å². The minimum absolute atomic E-state index is 0.858. The molecular formula is C14H22N4. The summed E-state index contributed by atoms with van der Waals surface area (Å²) in [6.07, 6.45) is 5.66. The SMILES string of the molecule is Cc1ccc(N2CCN(C3CCCC3)CC2)nn1. The van der Waals surface area contributed by atoms with Crippen molar-refractivity contribution in [2.24, 2.45) is 0 Å². The Morgan fingerprint density at radius 3 is 2.33 bits per heavy atom. The molecule has 4 heteroatoms. The first kappa shape index (κ1) is 11.9. The molecule has 18 heavy (non-hydrogen) atoms. The summed E-state index contributed by atoms with van der Waals surface area (Å²) >= 11 is 0. The van der Waals surface area contributed by atoms with Crippen LogP contribution >= 0.6 is 0 Å². The molecule has 0 aromatic carbocycles. The average Bonchev–Trinajstić information content (AvgIpc) is 2.94. The molecular weight excluding hydrogens is 224 g/mol. The summed E-state index contributed by atoms with van der Waals surface area (Å²) < 4.78 is 0. The predicted octanol–water partition coefficient (Wildman–Crippen LogP) is 1.85. The normalized spacial score (nSPS) is 22.6. The summed E-state index contributed by atoms with van der Waals surface area (Å²) in [4.78, 5) is 5.03. The molecule has 0 amide bonds. The van der Waals surface area contributed by atoms with Gasteiger partial charge >= 0.3 is 0 Å². The quantitative estimate of drug-likeness (QED) is 0.797. The van der Waals surface area contributed by atoms with E-state index in [4.69, 9.17) is 0 Å². The fraction of sp³-hybridized carbons (Fsp3) is 0.714. The Hall–Kier alpha value is -1.16. The summed E-state index contributed by atoms with van der Waals surface area (Å²) in [7, 11) is 0. The zero-order chi connectivity index (χ0) is 12.4. The molecule has 0 bridgehead atoms. The van der Waals surface area contributed by atoms with Crippen molar-refractivity contribution in [2.75, 3.05) is 31.1 Å². The second kappa shape index (κ2) is 5.22. The topological polar surface area (TPSA) is 32.3 Å².